The molecule has 1 aliphatic rings. The summed E-state index contributed by atoms with van der Waals surface area (Å²) >= 11 is 1.05. The van der Waals surface area contributed by atoms with Gasteiger partial charge in [-0.25, -0.2) is 4.98 Å². The zero-order valence-corrected chi connectivity index (χ0v) is 11.0. The maximum atomic E-state index is 11.6. The van der Waals surface area contributed by atoms with E-state index in [0.29, 0.717) is 6.54 Å². The summed E-state index contributed by atoms with van der Waals surface area (Å²) in [6.45, 7) is 3.19. The molecule has 2 rings (SSSR count). The Kier molecular flexibility index (Phi) is 4.19. The van der Waals surface area contributed by atoms with Crippen LogP contribution in [0.15, 0.2) is 18.3 Å². The van der Waals surface area contributed by atoms with Crippen LogP contribution < -0.4 is 5.32 Å². The summed E-state index contributed by atoms with van der Waals surface area (Å²) in [6.07, 6.45) is 2.69. The topological polar surface area (TPSA) is 62.3 Å². The number of carbonyl (C=O) groups excluding carboxylic acids is 2. The van der Waals surface area contributed by atoms with Crippen molar-refractivity contribution in [2.75, 3.05) is 17.6 Å². The van der Waals surface area contributed by atoms with Gasteiger partial charge in [0.1, 0.15) is 5.82 Å². The summed E-state index contributed by atoms with van der Waals surface area (Å²) < 4.78 is 0. The van der Waals surface area contributed by atoms with Gasteiger partial charge in [-0.15, -0.1) is 0 Å². The molecule has 6 heteroatoms. The Labute approximate surface area is 110 Å². The number of nitrogens with one attached hydrogen (secondary N) is 1. The molecule has 0 unspecified atom stereocenters. The van der Waals surface area contributed by atoms with Gasteiger partial charge in [0.15, 0.2) is 0 Å². The number of amides is 2. The summed E-state index contributed by atoms with van der Waals surface area (Å²) in [4.78, 5) is 28.6. The molecule has 0 bridgehead atoms. The van der Waals surface area contributed by atoms with Crippen LogP contribution >= 0.6 is 11.8 Å². The highest BCUT2D eigenvalue weighted by atomic mass is 32.2. The van der Waals surface area contributed by atoms with Crippen molar-refractivity contribution in [3.8, 4) is 0 Å². The van der Waals surface area contributed by atoms with E-state index in [2.05, 4.69) is 17.2 Å². The average molecular weight is 265 g/mol. The number of pyridine rings is 1. The lowest BCUT2D eigenvalue weighted by Crippen LogP contribution is -2.28. The van der Waals surface area contributed by atoms with Crippen molar-refractivity contribution >= 4 is 28.7 Å². The Morgan fingerprint density at radius 2 is 2.33 bits per heavy atom. The van der Waals surface area contributed by atoms with Crippen molar-refractivity contribution in [1.82, 2.24) is 9.88 Å². The van der Waals surface area contributed by atoms with Crippen molar-refractivity contribution in [3.05, 3.63) is 23.9 Å². The number of nitrogens with zero attached hydrogens (tertiary/aromatic N) is 2. The Morgan fingerprint density at radius 3 is 3.00 bits per heavy atom. The Bertz CT molecular complexity index is 448. The van der Waals surface area contributed by atoms with Gasteiger partial charge < -0.3 is 5.32 Å². The van der Waals surface area contributed by atoms with Gasteiger partial charge in [0.2, 0.25) is 5.91 Å². The molecule has 0 spiro atoms. The quantitative estimate of drug-likeness (QED) is 0.883. The monoisotopic (exact) mass is 265 g/mol. The second-order valence-electron chi connectivity index (χ2n) is 3.97. The third kappa shape index (κ3) is 2.81. The number of thioether (sulfide) groups is 1. The lowest BCUT2D eigenvalue weighted by atomic mass is 10.2. The first-order chi connectivity index (χ1) is 8.72. The predicted octanol–water partition coefficient (Wildman–Crippen LogP) is 2.10. The number of aromatic nitrogens is 1. The molecule has 5 nitrogen and oxygen atoms in total. The van der Waals surface area contributed by atoms with Crippen LogP contribution in [-0.4, -0.2) is 33.3 Å². The van der Waals surface area contributed by atoms with Crippen molar-refractivity contribution < 1.29 is 9.59 Å². The number of anilines is 1. The van der Waals surface area contributed by atoms with E-state index in [0.717, 1.165) is 36.1 Å². The summed E-state index contributed by atoms with van der Waals surface area (Å²) in [5.41, 5.74) is 0.871. The molecule has 0 saturated carbocycles. The summed E-state index contributed by atoms with van der Waals surface area (Å²) in [6, 6.07) is 3.69. The normalized spacial score (nSPS) is 15.3. The van der Waals surface area contributed by atoms with Crippen molar-refractivity contribution in [1.29, 1.82) is 0 Å². The van der Waals surface area contributed by atoms with E-state index in [1.54, 1.807) is 6.20 Å². The zero-order chi connectivity index (χ0) is 13.0. The first kappa shape index (κ1) is 12.9. The highest BCUT2D eigenvalue weighted by Gasteiger charge is 2.30. The SMILES string of the molecule is CCCNc1ncccc1CN1C(=O)CSC1=O. The van der Waals surface area contributed by atoms with E-state index < -0.39 is 0 Å². The molecule has 96 valence electrons. The van der Waals surface area contributed by atoms with Crippen LogP contribution in [-0.2, 0) is 11.3 Å². The van der Waals surface area contributed by atoms with Gasteiger partial charge >= 0.3 is 0 Å². The van der Waals surface area contributed by atoms with Crippen molar-refractivity contribution in [3.63, 3.8) is 0 Å². The molecule has 0 aromatic carbocycles. The largest absolute Gasteiger partial charge is 0.370 e. The van der Waals surface area contributed by atoms with Crippen LogP contribution in [0.4, 0.5) is 10.6 Å². The third-order valence-corrected chi connectivity index (χ3v) is 3.46. The molecule has 2 amide bonds. The fourth-order valence-electron chi connectivity index (χ4n) is 1.67. The Morgan fingerprint density at radius 1 is 1.50 bits per heavy atom. The maximum Gasteiger partial charge on any atom is 0.289 e. The minimum absolute atomic E-state index is 0.129. The van der Waals surface area contributed by atoms with Crippen LogP contribution in [0, 0.1) is 0 Å². The van der Waals surface area contributed by atoms with Crippen molar-refractivity contribution in [2.24, 2.45) is 0 Å². The second kappa shape index (κ2) is 5.86. The molecule has 1 aromatic heterocycles. The lowest BCUT2D eigenvalue weighted by molar-refractivity contribution is -0.125. The minimum atomic E-state index is -0.176. The molecular formula is C12H15N3O2S. The van der Waals surface area contributed by atoms with Gasteiger partial charge in [0.25, 0.3) is 5.24 Å². The highest BCUT2D eigenvalue weighted by Crippen LogP contribution is 2.23. The van der Waals surface area contributed by atoms with Gasteiger partial charge in [-0.1, -0.05) is 24.8 Å². The van der Waals surface area contributed by atoms with Gasteiger partial charge in [-0.2, -0.15) is 0 Å². The molecule has 2 heterocycles. The number of hydrogen-bond donors (Lipinski definition) is 1. The fraction of sp³-hybridized carbons (Fsp3) is 0.417. The van der Waals surface area contributed by atoms with Gasteiger partial charge in [-0.05, 0) is 12.5 Å². The first-order valence-electron chi connectivity index (χ1n) is 5.87. The molecule has 1 N–H and O–H groups in total. The van der Waals surface area contributed by atoms with E-state index in [9.17, 15) is 9.59 Å². The standard InChI is InChI=1S/C12H15N3O2S/c1-2-5-13-11-9(4-3-6-14-11)7-15-10(16)8-18-12(15)17/h3-4,6H,2,5,7-8H2,1H3,(H,13,14). The van der Waals surface area contributed by atoms with Gasteiger partial charge in [-0.3, -0.25) is 14.5 Å². The molecule has 0 atom stereocenters. The van der Waals surface area contributed by atoms with E-state index in [-0.39, 0.29) is 16.9 Å². The van der Waals surface area contributed by atoms with E-state index in [4.69, 9.17) is 0 Å². The highest BCUT2D eigenvalue weighted by molar-refractivity contribution is 8.14. The Hall–Kier alpha value is -1.56. The fourth-order valence-corrected chi connectivity index (χ4v) is 2.40. The van der Waals surface area contributed by atoms with Gasteiger partial charge in [0.05, 0.1) is 12.3 Å². The van der Waals surface area contributed by atoms with E-state index in [1.165, 1.54) is 4.90 Å². The molecule has 1 fully saturated rings. The Balaban J connectivity index is 2.13. The predicted molar refractivity (Wildman–Crippen MR) is 71.4 cm³/mol. The smallest absolute Gasteiger partial charge is 0.289 e. The van der Waals surface area contributed by atoms with Crippen molar-refractivity contribution in [2.45, 2.75) is 19.9 Å². The molecule has 1 saturated heterocycles. The van der Waals surface area contributed by atoms with Crippen LogP contribution in [0.5, 0.6) is 0 Å². The summed E-state index contributed by atoms with van der Waals surface area (Å²) in [7, 11) is 0. The molecule has 0 radical (unpaired) electrons. The van der Waals surface area contributed by atoms with Crippen LogP contribution in [0.3, 0.4) is 0 Å². The van der Waals surface area contributed by atoms with Crippen LogP contribution in [0.1, 0.15) is 18.9 Å². The summed E-state index contributed by atoms with van der Waals surface area (Å²) in [5, 5.41) is 3.02. The van der Waals surface area contributed by atoms with E-state index >= 15 is 0 Å². The lowest BCUT2D eigenvalue weighted by Gasteiger charge is -2.15. The number of carbonyl (C=O) groups is 2. The molecule has 0 aliphatic carbocycles. The van der Waals surface area contributed by atoms with Crippen LogP contribution in [0.2, 0.25) is 0 Å². The maximum absolute atomic E-state index is 11.6. The number of rotatable bonds is 5. The molecule has 1 aliphatic heterocycles. The second-order valence-corrected chi connectivity index (χ2v) is 4.90. The van der Waals surface area contributed by atoms with Gasteiger partial charge in [0, 0.05) is 18.3 Å². The van der Waals surface area contributed by atoms with Crippen LogP contribution in [0.25, 0.3) is 0 Å². The first-order valence-corrected chi connectivity index (χ1v) is 6.86. The minimum Gasteiger partial charge on any atom is -0.370 e. The summed E-state index contributed by atoms with van der Waals surface area (Å²) in [5.74, 6) is 0.865. The number of hydrogen-bond acceptors (Lipinski definition) is 5. The molecule has 1 aromatic rings. The third-order valence-electron chi connectivity index (χ3n) is 2.60. The average Bonchev–Trinajstić information content (AvgIpc) is 2.69. The zero-order valence-electron chi connectivity index (χ0n) is 10.2. The number of imide groups is 1. The van der Waals surface area contributed by atoms with E-state index in [1.807, 2.05) is 12.1 Å². The molecular weight excluding hydrogens is 250 g/mol. The molecule has 18 heavy (non-hydrogen) atoms.